The van der Waals surface area contributed by atoms with E-state index < -0.39 is 0 Å². The molecule has 3 heteroatoms. The van der Waals surface area contributed by atoms with Gasteiger partial charge in [0.2, 0.25) is 0 Å². The second kappa shape index (κ2) is 8.14. The summed E-state index contributed by atoms with van der Waals surface area (Å²) < 4.78 is 0. The molecule has 0 spiro atoms. The quantitative estimate of drug-likeness (QED) is 0.659. The summed E-state index contributed by atoms with van der Waals surface area (Å²) in [5.41, 5.74) is 0. The molecule has 14 heavy (non-hydrogen) atoms. The molecule has 0 aliphatic heterocycles. The highest BCUT2D eigenvalue weighted by Crippen LogP contribution is 2.09. The van der Waals surface area contributed by atoms with Gasteiger partial charge in [0, 0.05) is 13.1 Å². The summed E-state index contributed by atoms with van der Waals surface area (Å²) in [5, 5.41) is 8.74. The number of rotatable bonds is 7. The number of hydrogen-bond donors (Lipinski definition) is 1. The summed E-state index contributed by atoms with van der Waals surface area (Å²) in [6.07, 6.45) is 1.17. The molecule has 0 amide bonds. The first kappa shape index (κ1) is 13.8. The highest BCUT2D eigenvalue weighted by Gasteiger charge is 2.12. The Bertz CT molecular complexity index is 173. The van der Waals surface area contributed by atoms with Crippen LogP contribution in [0.15, 0.2) is 0 Å². The number of nitriles is 1. The lowest BCUT2D eigenvalue weighted by atomic mass is 10.1. The maximum atomic E-state index is 8.74. The smallest absolute Gasteiger partial charge is 0.0666 e. The predicted molar refractivity (Wildman–Crippen MR) is 64.5 cm³/mol. The molecule has 0 aliphatic rings. The molecule has 0 aromatic rings. The zero-order chi connectivity index (χ0) is 11.0. The number of hydrogen-bond acceptors (Lipinski definition) is 3. The Kier molecular flexibility index (Phi) is 8.02. The van der Waals surface area contributed by atoms with E-state index >= 15 is 0 Å². The van der Waals surface area contributed by atoms with Crippen molar-refractivity contribution in [2.75, 3.05) is 25.4 Å². The second-order valence-electron chi connectivity index (χ2n) is 3.84. The van der Waals surface area contributed by atoms with Crippen molar-refractivity contribution in [2.45, 2.75) is 27.2 Å². The largest absolute Gasteiger partial charge is 0.302 e. The average molecular weight is 214 g/mol. The predicted octanol–water partition coefficient (Wildman–Crippen LogP) is 2.42. The van der Waals surface area contributed by atoms with Crippen LogP contribution in [0.2, 0.25) is 0 Å². The molecule has 0 heterocycles. The highest BCUT2D eigenvalue weighted by atomic mass is 32.1. The summed E-state index contributed by atoms with van der Waals surface area (Å²) in [6, 6.07) is 2.28. The molecule has 0 fully saturated rings. The Balaban J connectivity index is 3.95. The maximum Gasteiger partial charge on any atom is 0.0666 e. The molecule has 0 N–H and O–H groups in total. The third-order valence-corrected chi connectivity index (χ3v) is 3.07. The van der Waals surface area contributed by atoms with E-state index in [0.717, 1.165) is 25.4 Å². The van der Waals surface area contributed by atoms with E-state index in [0.29, 0.717) is 5.92 Å². The van der Waals surface area contributed by atoms with Gasteiger partial charge in [0.1, 0.15) is 0 Å². The Morgan fingerprint density at radius 3 is 2.36 bits per heavy atom. The first-order valence-corrected chi connectivity index (χ1v) is 6.03. The van der Waals surface area contributed by atoms with Crippen LogP contribution in [-0.4, -0.2) is 30.3 Å². The van der Waals surface area contributed by atoms with Crippen LogP contribution < -0.4 is 0 Å². The standard InChI is InChI=1S/C11H22N2S/c1-4-11(9-14)8-13(5-2)7-10(3)6-12/h10-11,14H,4-5,7-9H2,1-3H3. The molecule has 0 aromatic heterocycles. The fourth-order valence-corrected chi connectivity index (χ4v) is 1.82. The Morgan fingerprint density at radius 1 is 1.36 bits per heavy atom. The van der Waals surface area contributed by atoms with Crippen molar-refractivity contribution in [3.05, 3.63) is 0 Å². The Morgan fingerprint density at radius 2 is 2.00 bits per heavy atom. The molecule has 0 saturated heterocycles. The normalized spacial score (nSPS) is 15.1. The molecule has 0 bridgehead atoms. The molecule has 0 aliphatic carbocycles. The van der Waals surface area contributed by atoms with E-state index in [4.69, 9.17) is 5.26 Å². The molecule has 2 unspecified atom stereocenters. The zero-order valence-electron chi connectivity index (χ0n) is 9.53. The molecular weight excluding hydrogens is 192 g/mol. The van der Waals surface area contributed by atoms with Crippen molar-refractivity contribution in [3.8, 4) is 6.07 Å². The van der Waals surface area contributed by atoms with Gasteiger partial charge in [-0.1, -0.05) is 20.3 Å². The van der Waals surface area contributed by atoms with Crippen molar-refractivity contribution in [1.82, 2.24) is 4.90 Å². The van der Waals surface area contributed by atoms with Gasteiger partial charge in [0.25, 0.3) is 0 Å². The average Bonchev–Trinajstić information content (AvgIpc) is 2.23. The molecule has 0 aromatic carbocycles. The molecular formula is C11H22N2S. The number of thiol groups is 1. The third-order valence-electron chi connectivity index (χ3n) is 2.55. The molecule has 2 nitrogen and oxygen atoms in total. The topological polar surface area (TPSA) is 27.0 Å². The molecule has 0 rings (SSSR count). The summed E-state index contributed by atoms with van der Waals surface area (Å²) in [7, 11) is 0. The van der Waals surface area contributed by atoms with Gasteiger partial charge in [0.15, 0.2) is 0 Å². The van der Waals surface area contributed by atoms with E-state index in [-0.39, 0.29) is 5.92 Å². The lowest BCUT2D eigenvalue weighted by Gasteiger charge is -2.25. The molecule has 0 saturated carbocycles. The Hall–Kier alpha value is -0.200. The summed E-state index contributed by atoms with van der Waals surface area (Å²) in [6.45, 7) is 9.30. The molecule has 82 valence electrons. The Labute approximate surface area is 93.7 Å². The van der Waals surface area contributed by atoms with Crippen LogP contribution >= 0.6 is 12.6 Å². The van der Waals surface area contributed by atoms with Crippen LogP contribution in [0.5, 0.6) is 0 Å². The van der Waals surface area contributed by atoms with Gasteiger partial charge in [-0.25, -0.2) is 0 Å². The van der Waals surface area contributed by atoms with Gasteiger partial charge in [0.05, 0.1) is 12.0 Å². The van der Waals surface area contributed by atoms with E-state index in [9.17, 15) is 0 Å². The van der Waals surface area contributed by atoms with E-state index in [1.165, 1.54) is 6.42 Å². The van der Waals surface area contributed by atoms with Crippen molar-refractivity contribution < 1.29 is 0 Å². The highest BCUT2D eigenvalue weighted by molar-refractivity contribution is 7.80. The third kappa shape index (κ3) is 5.51. The first-order valence-electron chi connectivity index (χ1n) is 5.40. The summed E-state index contributed by atoms with van der Waals surface area (Å²) in [4.78, 5) is 2.35. The van der Waals surface area contributed by atoms with Gasteiger partial charge in [-0.15, -0.1) is 0 Å². The van der Waals surface area contributed by atoms with Crippen molar-refractivity contribution in [3.63, 3.8) is 0 Å². The van der Waals surface area contributed by atoms with Gasteiger partial charge in [-0.3, -0.25) is 0 Å². The minimum absolute atomic E-state index is 0.132. The van der Waals surface area contributed by atoms with Gasteiger partial charge >= 0.3 is 0 Å². The number of nitrogens with zero attached hydrogens (tertiary/aromatic N) is 2. The fourth-order valence-electron chi connectivity index (χ4n) is 1.44. The minimum atomic E-state index is 0.132. The molecule has 0 radical (unpaired) electrons. The second-order valence-corrected chi connectivity index (χ2v) is 4.20. The SMILES string of the molecule is CCC(CS)CN(CC)CC(C)C#N. The lowest BCUT2D eigenvalue weighted by Crippen LogP contribution is -2.33. The molecule has 2 atom stereocenters. The maximum absolute atomic E-state index is 8.74. The van der Waals surface area contributed by atoms with Crippen molar-refractivity contribution in [1.29, 1.82) is 5.26 Å². The zero-order valence-corrected chi connectivity index (χ0v) is 10.4. The van der Waals surface area contributed by atoms with Gasteiger partial charge in [-0.05, 0) is 25.1 Å². The van der Waals surface area contributed by atoms with Gasteiger partial charge < -0.3 is 4.90 Å². The van der Waals surface area contributed by atoms with Gasteiger partial charge in [-0.2, -0.15) is 17.9 Å². The van der Waals surface area contributed by atoms with E-state index in [1.54, 1.807) is 0 Å². The van der Waals surface area contributed by atoms with Crippen LogP contribution in [-0.2, 0) is 0 Å². The fraction of sp³-hybridized carbons (Fsp3) is 0.909. The van der Waals surface area contributed by atoms with Crippen LogP contribution in [0, 0.1) is 23.2 Å². The minimum Gasteiger partial charge on any atom is -0.302 e. The monoisotopic (exact) mass is 214 g/mol. The lowest BCUT2D eigenvalue weighted by molar-refractivity contribution is 0.233. The van der Waals surface area contributed by atoms with Crippen molar-refractivity contribution >= 4 is 12.6 Å². The van der Waals surface area contributed by atoms with Crippen LogP contribution in [0.4, 0.5) is 0 Å². The van der Waals surface area contributed by atoms with Crippen LogP contribution in [0.25, 0.3) is 0 Å². The first-order chi connectivity index (χ1) is 6.67. The van der Waals surface area contributed by atoms with Crippen LogP contribution in [0.3, 0.4) is 0 Å². The summed E-state index contributed by atoms with van der Waals surface area (Å²) in [5.74, 6) is 1.73. The van der Waals surface area contributed by atoms with Crippen LogP contribution in [0.1, 0.15) is 27.2 Å². The summed E-state index contributed by atoms with van der Waals surface area (Å²) >= 11 is 4.33. The van der Waals surface area contributed by atoms with E-state index in [2.05, 4.69) is 37.4 Å². The van der Waals surface area contributed by atoms with Crippen molar-refractivity contribution in [2.24, 2.45) is 11.8 Å². The van der Waals surface area contributed by atoms with E-state index in [1.807, 2.05) is 6.92 Å².